The van der Waals surface area contributed by atoms with Crippen LogP contribution in [0.5, 0.6) is 0 Å². The Labute approximate surface area is 100 Å². The summed E-state index contributed by atoms with van der Waals surface area (Å²) < 4.78 is 0. The second kappa shape index (κ2) is 3.67. The normalized spacial score (nSPS) is 10.9. The van der Waals surface area contributed by atoms with Crippen molar-refractivity contribution in [3.63, 3.8) is 0 Å². The quantitative estimate of drug-likeness (QED) is 0.605. The van der Waals surface area contributed by atoms with Crippen LogP contribution in [-0.4, -0.2) is 4.98 Å². The molecule has 0 fully saturated rings. The van der Waals surface area contributed by atoms with Crippen LogP contribution in [0.3, 0.4) is 0 Å². The number of nitrogen functional groups attached to an aromatic ring is 1. The smallest absolute Gasteiger partial charge is 0.0485 e. The van der Waals surface area contributed by atoms with E-state index in [9.17, 15) is 0 Å². The topological polar surface area (TPSA) is 41.8 Å². The third kappa shape index (κ3) is 1.68. The largest absolute Gasteiger partial charge is 0.398 e. The van der Waals surface area contributed by atoms with Crippen LogP contribution in [0.2, 0.25) is 0 Å². The van der Waals surface area contributed by atoms with Crippen molar-refractivity contribution in [1.29, 1.82) is 0 Å². The monoisotopic (exact) mass is 222 g/mol. The van der Waals surface area contributed by atoms with E-state index >= 15 is 0 Å². The molecule has 0 aliphatic carbocycles. The lowest BCUT2D eigenvalue weighted by Crippen LogP contribution is -1.88. The van der Waals surface area contributed by atoms with Crippen LogP contribution in [0.15, 0.2) is 48.5 Å². The molecule has 0 radical (unpaired) electrons. The number of hydrogen-bond acceptors (Lipinski definition) is 1. The van der Waals surface area contributed by atoms with Crippen LogP contribution < -0.4 is 5.73 Å². The molecule has 84 valence electrons. The fourth-order valence-electron chi connectivity index (χ4n) is 2.14. The fourth-order valence-corrected chi connectivity index (χ4v) is 2.14. The van der Waals surface area contributed by atoms with Crippen molar-refractivity contribution in [1.82, 2.24) is 4.98 Å². The second-order valence-electron chi connectivity index (χ2n) is 4.36. The molecule has 3 aromatic rings. The Kier molecular flexibility index (Phi) is 2.15. The van der Waals surface area contributed by atoms with Gasteiger partial charge in [0.1, 0.15) is 0 Å². The number of nitrogens with two attached hydrogens (primary N) is 1. The van der Waals surface area contributed by atoms with Gasteiger partial charge < -0.3 is 10.7 Å². The molecule has 0 aliphatic rings. The Morgan fingerprint density at radius 1 is 1.00 bits per heavy atom. The molecule has 0 aliphatic heterocycles. The lowest BCUT2D eigenvalue weighted by Gasteiger charge is -2.01. The SMILES string of the molecule is Cc1ccc2[nH]c(-c3ccccc3N)cc2c1. The van der Waals surface area contributed by atoms with Crippen molar-refractivity contribution in [2.45, 2.75) is 6.92 Å². The summed E-state index contributed by atoms with van der Waals surface area (Å²) in [5, 5.41) is 1.23. The molecule has 2 aromatic carbocycles. The highest BCUT2D eigenvalue weighted by Crippen LogP contribution is 2.28. The molecule has 0 saturated heterocycles. The first kappa shape index (κ1) is 9.97. The van der Waals surface area contributed by atoms with E-state index in [0.717, 1.165) is 22.5 Å². The molecule has 3 N–H and O–H groups in total. The zero-order valence-electron chi connectivity index (χ0n) is 9.70. The zero-order chi connectivity index (χ0) is 11.8. The van der Waals surface area contributed by atoms with E-state index in [1.807, 2.05) is 24.3 Å². The number of rotatable bonds is 1. The highest BCUT2D eigenvalue weighted by Gasteiger charge is 2.05. The fraction of sp³-hybridized carbons (Fsp3) is 0.0667. The van der Waals surface area contributed by atoms with Crippen LogP contribution >= 0.6 is 0 Å². The van der Waals surface area contributed by atoms with Crippen molar-refractivity contribution < 1.29 is 0 Å². The van der Waals surface area contributed by atoms with E-state index in [-0.39, 0.29) is 0 Å². The summed E-state index contributed by atoms with van der Waals surface area (Å²) in [6.07, 6.45) is 0. The van der Waals surface area contributed by atoms with Crippen molar-refractivity contribution >= 4 is 16.6 Å². The van der Waals surface area contributed by atoms with Crippen molar-refractivity contribution in [2.75, 3.05) is 5.73 Å². The van der Waals surface area contributed by atoms with Crippen LogP contribution in [0.4, 0.5) is 5.69 Å². The zero-order valence-corrected chi connectivity index (χ0v) is 9.70. The Morgan fingerprint density at radius 3 is 2.65 bits per heavy atom. The number of nitrogens with one attached hydrogen (secondary N) is 1. The van der Waals surface area contributed by atoms with E-state index in [1.54, 1.807) is 0 Å². The Morgan fingerprint density at radius 2 is 1.82 bits per heavy atom. The minimum Gasteiger partial charge on any atom is -0.398 e. The van der Waals surface area contributed by atoms with Gasteiger partial charge in [0.2, 0.25) is 0 Å². The summed E-state index contributed by atoms with van der Waals surface area (Å²) in [5.74, 6) is 0. The average Bonchev–Trinajstić information content (AvgIpc) is 2.72. The maximum absolute atomic E-state index is 5.98. The van der Waals surface area contributed by atoms with Gasteiger partial charge in [0, 0.05) is 27.8 Å². The van der Waals surface area contributed by atoms with Crippen LogP contribution in [0, 0.1) is 6.92 Å². The maximum atomic E-state index is 5.98. The number of anilines is 1. The standard InChI is InChI=1S/C15H14N2/c1-10-6-7-14-11(8-10)9-15(17-14)12-4-2-3-5-13(12)16/h2-9,17H,16H2,1H3. The predicted molar refractivity (Wildman–Crippen MR) is 72.9 cm³/mol. The molecule has 1 heterocycles. The van der Waals surface area contributed by atoms with Gasteiger partial charge >= 0.3 is 0 Å². The summed E-state index contributed by atoms with van der Waals surface area (Å²) in [6.45, 7) is 2.10. The van der Waals surface area contributed by atoms with Gasteiger partial charge in [-0.2, -0.15) is 0 Å². The molecular formula is C15H14N2. The van der Waals surface area contributed by atoms with Crippen molar-refractivity contribution in [3.8, 4) is 11.3 Å². The molecule has 0 amide bonds. The first-order chi connectivity index (χ1) is 8.24. The van der Waals surface area contributed by atoms with Gasteiger partial charge in [-0.1, -0.05) is 29.8 Å². The molecular weight excluding hydrogens is 208 g/mol. The van der Waals surface area contributed by atoms with Gasteiger partial charge in [-0.15, -0.1) is 0 Å². The number of benzene rings is 2. The summed E-state index contributed by atoms with van der Waals surface area (Å²) in [7, 11) is 0. The lowest BCUT2D eigenvalue weighted by molar-refractivity contribution is 1.44. The van der Waals surface area contributed by atoms with E-state index in [2.05, 4.69) is 36.2 Å². The number of aryl methyl sites for hydroxylation is 1. The Bertz CT molecular complexity index is 680. The molecule has 0 spiro atoms. The molecule has 3 rings (SSSR count). The highest BCUT2D eigenvalue weighted by atomic mass is 14.7. The summed E-state index contributed by atoms with van der Waals surface area (Å²) in [4.78, 5) is 3.40. The molecule has 1 aromatic heterocycles. The first-order valence-electron chi connectivity index (χ1n) is 5.68. The average molecular weight is 222 g/mol. The minimum atomic E-state index is 0.802. The summed E-state index contributed by atoms with van der Waals surface area (Å²) in [5.41, 5.74) is 11.3. The van der Waals surface area contributed by atoms with Crippen LogP contribution in [0.25, 0.3) is 22.2 Å². The van der Waals surface area contributed by atoms with Gasteiger partial charge in [0.05, 0.1) is 0 Å². The number of H-pyrrole nitrogens is 1. The van der Waals surface area contributed by atoms with E-state index in [0.29, 0.717) is 0 Å². The van der Waals surface area contributed by atoms with E-state index in [4.69, 9.17) is 5.73 Å². The van der Waals surface area contributed by atoms with E-state index in [1.165, 1.54) is 10.9 Å². The molecule has 2 heteroatoms. The number of aromatic amines is 1. The maximum Gasteiger partial charge on any atom is 0.0485 e. The Balaban J connectivity index is 2.22. The molecule has 0 saturated carbocycles. The summed E-state index contributed by atoms with van der Waals surface area (Å²) in [6, 6.07) is 16.4. The second-order valence-corrected chi connectivity index (χ2v) is 4.36. The van der Waals surface area contributed by atoms with Gasteiger partial charge in [-0.05, 0) is 31.2 Å². The van der Waals surface area contributed by atoms with E-state index < -0.39 is 0 Å². The molecule has 2 nitrogen and oxygen atoms in total. The minimum absolute atomic E-state index is 0.802. The number of aromatic nitrogens is 1. The molecule has 0 unspecified atom stereocenters. The number of fused-ring (bicyclic) bond motifs is 1. The van der Waals surface area contributed by atoms with Crippen LogP contribution in [-0.2, 0) is 0 Å². The van der Waals surface area contributed by atoms with Gasteiger partial charge in [-0.25, -0.2) is 0 Å². The molecule has 17 heavy (non-hydrogen) atoms. The van der Waals surface area contributed by atoms with Gasteiger partial charge in [0.15, 0.2) is 0 Å². The van der Waals surface area contributed by atoms with Crippen molar-refractivity contribution in [2.24, 2.45) is 0 Å². The molecule has 0 atom stereocenters. The third-order valence-electron chi connectivity index (χ3n) is 3.03. The number of hydrogen-bond donors (Lipinski definition) is 2. The summed E-state index contributed by atoms with van der Waals surface area (Å²) >= 11 is 0. The Hall–Kier alpha value is -2.22. The molecule has 0 bridgehead atoms. The van der Waals surface area contributed by atoms with Gasteiger partial charge in [-0.3, -0.25) is 0 Å². The highest BCUT2D eigenvalue weighted by molar-refractivity contribution is 5.88. The first-order valence-corrected chi connectivity index (χ1v) is 5.68. The van der Waals surface area contributed by atoms with Crippen molar-refractivity contribution in [3.05, 3.63) is 54.1 Å². The lowest BCUT2D eigenvalue weighted by atomic mass is 10.1. The predicted octanol–water partition coefficient (Wildman–Crippen LogP) is 3.73. The number of para-hydroxylation sites is 1. The van der Waals surface area contributed by atoms with Crippen LogP contribution in [0.1, 0.15) is 5.56 Å². The third-order valence-corrected chi connectivity index (χ3v) is 3.03. The van der Waals surface area contributed by atoms with Gasteiger partial charge in [0.25, 0.3) is 0 Å².